The molecule has 0 spiro atoms. The van der Waals surface area contributed by atoms with Crippen LogP contribution in [0.3, 0.4) is 0 Å². The Hall–Kier alpha value is -1.34. The van der Waals surface area contributed by atoms with Gasteiger partial charge in [-0.3, -0.25) is 0 Å². The summed E-state index contributed by atoms with van der Waals surface area (Å²) in [7, 11) is 0. The van der Waals surface area contributed by atoms with Crippen LogP contribution >= 0.6 is 15.9 Å². The molecule has 0 saturated carbocycles. The summed E-state index contributed by atoms with van der Waals surface area (Å²) >= 11 is 3.68. The third-order valence-electron chi connectivity index (χ3n) is 4.17. The average Bonchev–Trinajstić information content (AvgIpc) is 2.70. The maximum absolute atomic E-state index is 3.68. The van der Waals surface area contributed by atoms with Gasteiger partial charge in [-0.1, -0.05) is 52.7 Å². The van der Waals surface area contributed by atoms with Gasteiger partial charge >= 0.3 is 0 Å². The molecule has 1 heteroatoms. The quantitative estimate of drug-likeness (QED) is 0.587. The van der Waals surface area contributed by atoms with Gasteiger partial charge in [-0.15, -0.1) is 0 Å². The molecule has 0 fully saturated rings. The Labute approximate surface area is 129 Å². The Morgan fingerprint density at radius 3 is 2.25 bits per heavy atom. The highest BCUT2D eigenvalue weighted by Crippen LogP contribution is 2.41. The van der Waals surface area contributed by atoms with Gasteiger partial charge in [0.2, 0.25) is 0 Å². The number of aryl methyl sites for hydroxylation is 3. The van der Waals surface area contributed by atoms with Crippen LogP contribution in [0.15, 0.2) is 34.8 Å². The summed E-state index contributed by atoms with van der Waals surface area (Å²) in [5.41, 5.74) is 9.59. The van der Waals surface area contributed by atoms with E-state index in [1.807, 2.05) is 0 Å². The van der Waals surface area contributed by atoms with E-state index < -0.39 is 0 Å². The van der Waals surface area contributed by atoms with E-state index >= 15 is 0 Å². The van der Waals surface area contributed by atoms with Crippen LogP contribution in [0.25, 0.3) is 17.2 Å². The SMILES string of the molecule is Cc1cc(C)c(-c2cc(Br)cc3c2C=CC3C)c(C)c1. The van der Waals surface area contributed by atoms with Crippen LogP contribution in [0.5, 0.6) is 0 Å². The van der Waals surface area contributed by atoms with Crippen molar-refractivity contribution >= 4 is 22.0 Å². The van der Waals surface area contributed by atoms with Crippen molar-refractivity contribution in [3.63, 3.8) is 0 Å². The molecule has 0 N–H and O–H groups in total. The van der Waals surface area contributed by atoms with E-state index in [2.05, 4.69) is 80.0 Å². The van der Waals surface area contributed by atoms with Crippen molar-refractivity contribution in [2.24, 2.45) is 0 Å². The predicted octanol–water partition coefficient (Wildman–Crippen LogP) is 6.17. The van der Waals surface area contributed by atoms with E-state index in [4.69, 9.17) is 0 Å². The first-order chi connectivity index (χ1) is 9.47. The van der Waals surface area contributed by atoms with Crippen LogP contribution in [0.2, 0.25) is 0 Å². The predicted molar refractivity (Wildman–Crippen MR) is 91.2 cm³/mol. The minimum absolute atomic E-state index is 0.507. The van der Waals surface area contributed by atoms with Crippen LogP contribution in [0, 0.1) is 20.8 Å². The van der Waals surface area contributed by atoms with Gasteiger partial charge in [0, 0.05) is 4.47 Å². The Kier molecular flexibility index (Phi) is 3.33. The summed E-state index contributed by atoms with van der Waals surface area (Å²) in [4.78, 5) is 0. The van der Waals surface area contributed by atoms with Crippen molar-refractivity contribution < 1.29 is 0 Å². The molecule has 0 nitrogen and oxygen atoms in total. The fourth-order valence-corrected chi connectivity index (χ4v) is 3.83. The lowest BCUT2D eigenvalue weighted by molar-refractivity contribution is 0.989. The smallest absolute Gasteiger partial charge is 0.0184 e. The molecule has 2 aromatic rings. The van der Waals surface area contributed by atoms with Crippen LogP contribution in [0.1, 0.15) is 40.7 Å². The minimum atomic E-state index is 0.507. The zero-order valence-electron chi connectivity index (χ0n) is 12.4. The number of hydrogen-bond acceptors (Lipinski definition) is 0. The second kappa shape index (κ2) is 4.89. The van der Waals surface area contributed by atoms with Gasteiger partial charge in [-0.2, -0.15) is 0 Å². The van der Waals surface area contributed by atoms with Gasteiger partial charge < -0.3 is 0 Å². The van der Waals surface area contributed by atoms with Crippen molar-refractivity contribution in [1.29, 1.82) is 0 Å². The molecule has 2 aromatic carbocycles. The fraction of sp³-hybridized carbons (Fsp3) is 0.263. The zero-order chi connectivity index (χ0) is 14.4. The number of halogens is 1. The van der Waals surface area contributed by atoms with E-state index in [1.54, 1.807) is 0 Å². The number of hydrogen-bond donors (Lipinski definition) is 0. The lowest BCUT2D eigenvalue weighted by Crippen LogP contribution is -1.95. The molecular formula is C19H19Br. The average molecular weight is 327 g/mol. The fourth-order valence-electron chi connectivity index (χ4n) is 3.36. The molecule has 0 radical (unpaired) electrons. The molecule has 1 atom stereocenters. The highest BCUT2D eigenvalue weighted by molar-refractivity contribution is 9.10. The monoisotopic (exact) mass is 326 g/mol. The van der Waals surface area contributed by atoms with Crippen molar-refractivity contribution in [3.05, 3.63) is 62.6 Å². The number of allylic oxidation sites excluding steroid dienone is 1. The van der Waals surface area contributed by atoms with Crippen molar-refractivity contribution in [2.45, 2.75) is 33.6 Å². The highest BCUT2D eigenvalue weighted by Gasteiger charge is 2.19. The molecule has 20 heavy (non-hydrogen) atoms. The zero-order valence-corrected chi connectivity index (χ0v) is 14.0. The third kappa shape index (κ3) is 2.14. The van der Waals surface area contributed by atoms with E-state index in [0.717, 1.165) is 0 Å². The highest BCUT2D eigenvalue weighted by atomic mass is 79.9. The van der Waals surface area contributed by atoms with Crippen molar-refractivity contribution in [2.75, 3.05) is 0 Å². The van der Waals surface area contributed by atoms with Gasteiger partial charge in [-0.05, 0) is 72.2 Å². The standard InChI is InChI=1S/C19H19Br/c1-11-7-13(3)19(14(4)8-11)18-10-15(20)9-17-12(2)5-6-16(17)18/h5-10,12H,1-4H3. The van der Waals surface area contributed by atoms with E-state index in [0.29, 0.717) is 5.92 Å². The lowest BCUT2D eigenvalue weighted by atomic mass is 9.89. The van der Waals surface area contributed by atoms with Gasteiger partial charge in [0.1, 0.15) is 0 Å². The number of benzene rings is 2. The van der Waals surface area contributed by atoms with Gasteiger partial charge in [-0.25, -0.2) is 0 Å². The van der Waals surface area contributed by atoms with Crippen molar-refractivity contribution in [3.8, 4) is 11.1 Å². The molecular weight excluding hydrogens is 308 g/mol. The van der Waals surface area contributed by atoms with Gasteiger partial charge in [0.25, 0.3) is 0 Å². The summed E-state index contributed by atoms with van der Waals surface area (Å²) in [6.07, 6.45) is 4.57. The summed E-state index contributed by atoms with van der Waals surface area (Å²) in [6.45, 7) is 8.85. The molecule has 102 valence electrons. The Balaban J connectivity index is 2.32. The largest absolute Gasteiger partial charge is 0.0766 e. The summed E-state index contributed by atoms with van der Waals surface area (Å²) in [5, 5.41) is 0. The van der Waals surface area contributed by atoms with Crippen LogP contribution in [-0.2, 0) is 0 Å². The molecule has 1 unspecified atom stereocenters. The minimum Gasteiger partial charge on any atom is -0.0766 e. The first-order valence-corrected chi connectivity index (χ1v) is 7.86. The summed E-state index contributed by atoms with van der Waals surface area (Å²) in [6, 6.07) is 9.06. The molecule has 0 aromatic heterocycles. The lowest BCUT2D eigenvalue weighted by Gasteiger charge is -2.16. The molecule has 0 amide bonds. The Bertz CT molecular complexity index is 700. The molecule has 1 aliphatic carbocycles. The second-order valence-corrected chi connectivity index (χ2v) is 6.79. The maximum Gasteiger partial charge on any atom is 0.0184 e. The Morgan fingerprint density at radius 1 is 0.950 bits per heavy atom. The van der Waals surface area contributed by atoms with Crippen LogP contribution < -0.4 is 0 Å². The number of rotatable bonds is 1. The van der Waals surface area contributed by atoms with E-state index in [1.165, 1.54) is 43.4 Å². The summed E-state index contributed by atoms with van der Waals surface area (Å²) in [5.74, 6) is 0.507. The maximum atomic E-state index is 3.68. The first-order valence-electron chi connectivity index (χ1n) is 7.07. The Morgan fingerprint density at radius 2 is 1.60 bits per heavy atom. The number of fused-ring (bicyclic) bond motifs is 1. The molecule has 1 aliphatic rings. The molecule has 0 bridgehead atoms. The van der Waals surface area contributed by atoms with Gasteiger partial charge in [0.05, 0.1) is 0 Å². The van der Waals surface area contributed by atoms with E-state index in [-0.39, 0.29) is 0 Å². The van der Waals surface area contributed by atoms with E-state index in [9.17, 15) is 0 Å². The third-order valence-corrected chi connectivity index (χ3v) is 4.62. The van der Waals surface area contributed by atoms with Crippen LogP contribution in [0.4, 0.5) is 0 Å². The van der Waals surface area contributed by atoms with Gasteiger partial charge in [0.15, 0.2) is 0 Å². The second-order valence-electron chi connectivity index (χ2n) is 5.88. The summed E-state index contributed by atoms with van der Waals surface area (Å²) < 4.78 is 1.17. The first kappa shape index (κ1) is 13.6. The topological polar surface area (TPSA) is 0 Å². The molecule has 3 rings (SSSR count). The van der Waals surface area contributed by atoms with Crippen LogP contribution in [-0.4, -0.2) is 0 Å². The van der Waals surface area contributed by atoms with Crippen molar-refractivity contribution in [1.82, 2.24) is 0 Å². The molecule has 0 aliphatic heterocycles. The molecule has 0 saturated heterocycles. The normalized spacial score (nSPS) is 16.6. The molecule has 0 heterocycles.